The fourth-order valence-corrected chi connectivity index (χ4v) is 3.35. The molecule has 0 saturated carbocycles. The normalized spacial score (nSPS) is 17.3. The number of hydrogen-bond donors (Lipinski definition) is 1. The van der Waals surface area contributed by atoms with E-state index >= 15 is 0 Å². The molecule has 2 heterocycles. The van der Waals surface area contributed by atoms with Gasteiger partial charge in [-0.05, 0) is 38.7 Å². The summed E-state index contributed by atoms with van der Waals surface area (Å²) in [4.78, 5) is 8.41. The van der Waals surface area contributed by atoms with Crippen LogP contribution in [0.5, 0.6) is 0 Å². The maximum atomic E-state index is 5.74. The van der Waals surface area contributed by atoms with Gasteiger partial charge in [-0.1, -0.05) is 23.8 Å². The van der Waals surface area contributed by atoms with Crippen LogP contribution in [0.1, 0.15) is 43.2 Å². The number of rotatable bonds is 4. The lowest BCUT2D eigenvalue weighted by Gasteiger charge is -2.25. The Morgan fingerprint density at radius 3 is 2.72 bits per heavy atom. The summed E-state index contributed by atoms with van der Waals surface area (Å²) in [7, 11) is 0. The Kier molecular flexibility index (Phi) is 4.78. The minimum atomic E-state index is 0.646. The molecule has 2 rings (SSSR count). The molecule has 1 fully saturated rings. The van der Waals surface area contributed by atoms with Gasteiger partial charge < -0.3 is 10.6 Å². The zero-order valence-electron chi connectivity index (χ0n) is 11.4. The van der Waals surface area contributed by atoms with Crippen molar-refractivity contribution in [2.24, 2.45) is 5.73 Å². The van der Waals surface area contributed by atoms with Crippen LogP contribution < -0.4 is 10.6 Å². The van der Waals surface area contributed by atoms with Crippen LogP contribution in [-0.2, 0) is 0 Å². The van der Waals surface area contributed by atoms with Crippen LogP contribution in [-0.4, -0.2) is 24.6 Å². The highest BCUT2D eigenvalue weighted by Gasteiger charge is 2.15. The molecule has 3 nitrogen and oxygen atoms in total. The van der Waals surface area contributed by atoms with Crippen LogP contribution in [0.2, 0.25) is 0 Å². The predicted octanol–water partition coefficient (Wildman–Crippen LogP) is 3.19. The lowest BCUT2D eigenvalue weighted by molar-refractivity contribution is 0.576. The average Bonchev–Trinajstić information content (AvgIpc) is 2.78. The zero-order chi connectivity index (χ0) is 13.0. The van der Waals surface area contributed by atoms with E-state index in [2.05, 4.69) is 24.8 Å². The topological polar surface area (TPSA) is 42.2 Å². The molecule has 2 N–H and O–H groups in total. The molecule has 0 atom stereocenters. The highest BCUT2D eigenvalue weighted by molar-refractivity contribution is 7.16. The summed E-state index contributed by atoms with van der Waals surface area (Å²) in [5.41, 5.74) is 8.17. The standard InChI is InChI=1S/C14H23N3S/c1-3-12(10-15)9-13-11(2)16-14(18-13)17-7-5-4-6-8-17/h9H,3-8,10,15H2,1-2H3. The van der Waals surface area contributed by atoms with E-state index in [0.29, 0.717) is 6.54 Å². The van der Waals surface area contributed by atoms with Crippen molar-refractivity contribution in [2.45, 2.75) is 39.5 Å². The molecule has 4 heteroatoms. The van der Waals surface area contributed by atoms with E-state index in [4.69, 9.17) is 10.7 Å². The molecule has 0 aliphatic carbocycles. The summed E-state index contributed by atoms with van der Waals surface area (Å²) in [5.74, 6) is 0. The van der Waals surface area contributed by atoms with Gasteiger partial charge in [-0.15, -0.1) is 0 Å². The second-order valence-corrected chi connectivity index (χ2v) is 5.86. The van der Waals surface area contributed by atoms with Crippen molar-refractivity contribution in [3.05, 3.63) is 16.1 Å². The maximum Gasteiger partial charge on any atom is 0.186 e. The molecular formula is C14H23N3S. The van der Waals surface area contributed by atoms with Crippen LogP contribution in [0.4, 0.5) is 5.13 Å². The minimum Gasteiger partial charge on any atom is -0.348 e. The minimum absolute atomic E-state index is 0.646. The van der Waals surface area contributed by atoms with Crippen molar-refractivity contribution in [1.82, 2.24) is 4.98 Å². The Hall–Kier alpha value is -0.870. The Morgan fingerprint density at radius 2 is 2.11 bits per heavy atom. The first-order valence-corrected chi connectivity index (χ1v) is 7.68. The molecule has 100 valence electrons. The molecule has 0 spiro atoms. The van der Waals surface area contributed by atoms with Gasteiger partial charge in [0.05, 0.1) is 10.6 Å². The molecule has 1 saturated heterocycles. The predicted molar refractivity (Wildman–Crippen MR) is 80.2 cm³/mol. The quantitative estimate of drug-likeness (QED) is 0.909. The second-order valence-electron chi connectivity index (χ2n) is 4.85. The van der Waals surface area contributed by atoms with E-state index in [-0.39, 0.29) is 0 Å². The number of anilines is 1. The monoisotopic (exact) mass is 265 g/mol. The van der Waals surface area contributed by atoms with Gasteiger partial charge >= 0.3 is 0 Å². The van der Waals surface area contributed by atoms with Crippen LogP contribution in [0.25, 0.3) is 6.08 Å². The third-order valence-corrected chi connectivity index (χ3v) is 4.66. The summed E-state index contributed by atoms with van der Waals surface area (Å²) in [6, 6.07) is 0. The lowest BCUT2D eigenvalue weighted by atomic mass is 10.1. The molecule has 1 aliphatic heterocycles. The van der Waals surface area contributed by atoms with Crippen molar-refractivity contribution in [3.8, 4) is 0 Å². The van der Waals surface area contributed by atoms with E-state index in [1.54, 1.807) is 0 Å². The molecule has 0 aromatic carbocycles. The summed E-state index contributed by atoms with van der Waals surface area (Å²) in [5, 5.41) is 1.19. The van der Waals surface area contributed by atoms with Crippen LogP contribution in [0.3, 0.4) is 0 Å². The molecule has 0 amide bonds. The van der Waals surface area contributed by atoms with E-state index < -0.39 is 0 Å². The molecule has 0 bridgehead atoms. The van der Waals surface area contributed by atoms with Gasteiger partial charge in [0.1, 0.15) is 0 Å². The third-order valence-electron chi connectivity index (χ3n) is 3.50. The number of aromatic nitrogens is 1. The first kappa shape index (κ1) is 13.6. The number of piperidine rings is 1. The summed E-state index contributed by atoms with van der Waals surface area (Å²) >= 11 is 1.81. The maximum absolute atomic E-state index is 5.74. The number of thiazole rings is 1. The molecule has 18 heavy (non-hydrogen) atoms. The van der Waals surface area contributed by atoms with Crippen LogP contribution in [0.15, 0.2) is 5.57 Å². The number of hydrogen-bond acceptors (Lipinski definition) is 4. The number of aryl methyl sites for hydroxylation is 1. The van der Waals surface area contributed by atoms with Gasteiger partial charge in [0.25, 0.3) is 0 Å². The number of nitrogens with two attached hydrogens (primary N) is 1. The van der Waals surface area contributed by atoms with Crippen molar-refractivity contribution < 1.29 is 0 Å². The Morgan fingerprint density at radius 1 is 1.39 bits per heavy atom. The first-order valence-electron chi connectivity index (χ1n) is 6.86. The highest BCUT2D eigenvalue weighted by Crippen LogP contribution is 2.29. The van der Waals surface area contributed by atoms with Crippen LogP contribution in [0, 0.1) is 6.92 Å². The Bertz CT molecular complexity index is 411. The molecule has 0 unspecified atom stereocenters. The number of nitrogens with zero attached hydrogens (tertiary/aromatic N) is 2. The van der Waals surface area contributed by atoms with Crippen molar-refractivity contribution in [3.63, 3.8) is 0 Å². The largest absolute Gasteiger partial charge is 0.348 e. The zero-order valence-corrected chi connectivity index (χ0v) is 12.2. The Balaban J connectivity index is 2.18. The van der Waals surface area contributed by atoms with Crippen LogP contribution >= 0.6 is 11.3 Å². The average molecular weight is 265 g/mol. The van der Waals surface area contributed by atoms with Gasteiger partial charge in [0, 0.05) is 19.6 Å². The lowest BCUT2D eigenvalue weighted by Crippen LogP contribution is -2.29. The van der Waals surface area contributed by atoms with Gasteiger partial charge in [-0.2, -0.15) is 0 Å². The fraction of sp³-hybridized carbons (Fsp3) is 0.643. The molecule has 1 aromatic heterocycles. The summed E-state index contributed by atoms with van der Waals surface area (Å²) in [6.45, 7) is 7.22. The summed E-state index contributed by atoms with van der Waals surface area (Å²) < 4.78 is 0. The van der Waals surface area contributed by atoms with Gasteiger partial charge in [-0.3, -0.25) is 0 Å². The second kappa shape index (κ2) is 6.34. The van der Waals surface area contributed by atoms with Crippen molar-refractivity contribution in [2.75, 3.05) is 24.5 Å². The van der Waals surface area contributed by atoms with Gasteiger partial charge in [0.15, 0.2) is 5.13 Å². The fourth-order valence-electron chi connectivity index (χ4n) is 2.24. The van der Waals surface area contributed by atoms with E-state index in [1.165, 1.54) is 34.8 Å². The van der Waals surface area contributed by atoms with Gasteiger partial charge in [0.2, 0.25) is 0 Å². The van der Waals surface area contributed by atoms with Gasteiger partial charge in [-0.25, -0.2) is 4.98 Å². The summed E-state index contributed by atoms with van der Waals surface area (Å²) in [6.07, 6.45) is 7.20. The van der Waals surface area contributed by atoms with Crippen molar-refractivity contribution in [1.29, 1.82) is 0 Å². The highest BCUT2D eigenvalue weighted by atomic mass is 32.1. The first-order chi connectivity index (χ1) is 8.74. The third kappa shape index (κ3) is 3.12. The van der Waals surface area contributed by atoms with Crippen molar-refractivity contribution >= 4 is 22.5 Å². The Labute approximate surface area is 114 Å². The molecular weight excluding hydrogens is 242 g/mol. The smallest absolute Gasteiger partial charge is 0.186 e. The molecule has 1 aliphatic rings. The molecule has 0 radical (unpaired) electrons. The SMILES string of the molecule is CCC(=Cc1sc(N2CCCCC2)nc1C)CN. The van der Waals surface area contributed by atoms with E-state index in [1.807, 2.05) is 11.3 Å². The molecule has 1 aromatic rings. The van der Waals surface area contributed by atoms with E-state index in [0.717, 1.165) is 25.2 Å². The van der Waals surface area contributed by atoms with E-state index in [9.17, 15) is 0 Å².